The molecule has 0 aliphatic carbocycles. The third kappa shape index (κ3) is 2.40. The first kappa shape index (κ1) is 13.8. The van der Waals surface area contributed by atoms with Gasteiger partial charge in [0.05, 0.1) is 4.92 Å². The molecule has 0 bridgehead atoms. The van der Waals surface area contributed by atoms with Gasteiger partial charge in [-0.25, -0.2) is 15.8 Å². The lowest BCUT2D eigenvalue weighted by Gasteiger charge is -2.05. The molecule has 0 unspecified atom stereocenters. The van der Waals surface area contributed by atoms with Gasteiger partial charge in [0, 0.05) is 12.8 Å². The number of hydrogen-bond donors (Lipinski definition) is 2. The Morgan fingerprint density at radius 1 is 1.40 bits per heavy atom. The summed E-state index contributed by atoms with van der Waals surface area (Å²) >= 11 is 0. The molecule has 0 radical (unpaired) electrons. The maximum Gasteiger partial charge on any atom is 0.332 e. The molecule has 0 aromatic carbocycles. The highest BCUT2D eigenvalue weighted by atomic mass is 16.6. The van der Waals surface area contributed by atoms with Crippen LogP contribution in [0.1, 0.15) is 25.5 Å². The fourth-order valence-corrected chi connectivity index (χ4v) is 1.66. The molecule has 2 aromatic heterocycles. The third-order valence-corrected chi connectivity index (χ3v) is 2.63. The molecular formula is C10H14N8O2. The number of anilines is 1. The smallest absolute Gasteiger partial charge is 0.292 e. The number of nitrogen functional groups attached to an aromatic ring is 1. The molecule has 3 N–H and O–H groups in total. The van der Waals surface area contributed by atoms with Crippen molar-refractivity contribution in [2.75, 3.05) is 5.43 Å². The maximum absolute atomic E-state index is 11.1. The van der Waals surface area contributed by atoms with Crippen molar-refractivity contribution in [3.05, 3.63) is 28.0 Å². The van der Waals surface area contributed by atoms with Gasteiger partial charge in [-0.2, -0.15) is 9.67 Å². The van der Waals surface area contributed by atoms with Gasteiger partial charge in [-0.3, -0.25) is 15.5 Å². The van der Waals surface area contributed by atoms with Crippen LogP contribution in [-0.2, 0) is 12.8 Å². The van der Waals surface area contributed by atoms with E-state index in [0.29, 0.717) is 24.5 Å². The second kappa shape index (κ2) is 5.57. The van der Waals surface area contributed by atoms with E-state index < -0.39 is 4.92 Å². The van der Waals surface area contributed by atoms with Crippen LogP contribution in [0, 0.1) is 10.1 Å². The van der Waals surface area contributed by atoms with E-state index in [9.17, 15) is 10.1 Å². The van der Waals surface area contributed by atoms with E-state index >= 15 is 0 Å². The predicted molar refractivity (Wildman–Crippen MR) is 70.2 cm³/mol. The van der Waals surface area contributed by atoms with Crippen molar-refractivity contribution in [1.82, 2.24) is 24.7 Å². The maximum atomic E-state index is 11.1. The Labute approximate surface area is 114 Å². The summed E-state index contributed by atoms with van der Waals surface area (Å²) in [6, 6.07) is 0. The minimum absolute atomic E-state index is 0.0435. The van der Waals surface area contributed by atoms with Crippen LogP contribution in [0.4, 0.5) is 11.6 Å². The molecule has 0 saturated heterocycles. The summed E-state index contributed by atoms with van der Waals surface area (Å²) in [5.41, 5.74) is 2.00. The quantitative estimate of drug-likeness (QED) is 0.454. The summed E-state index contributed by atoms with van der Waals surface area (Å²) in [5.74, 6) is 6.53. The predicted octanol–water partition coefficient (Wildman–Crippen LogP) is 0.376. The number of aromatic nitrogens is 5. The number of nitro groups is 1. The standard InChI is InChI=1S/C10H14N8O2/c1-3-7-13-8(4-2)17(16-7)9-6(18(19)20)5-12-10(14-9)15-11/h5H,3-4,11H2,1-2H3,(H,12,14,15). The van der Waals surface area contributed by atoms with Gasteiger partial charge in [0.15, 0.2) is 5.82 Å². The number of rotatable bonds is 5. The molecular weight excluding hydrogens is 264 g/mol. The van der Waals surface area contributed by atoms with Gasteiger partial charge in [-0.15, -0.1) is 5.10 Å². The normalized spacial score (nSPS) is 10.6. The number of hydrazine groups is 1. The van der Waals surface area contributed by atoms with Crippen LogP contribution < -0.4 is 11.3 Å². The molecule has 0 fully saturated rings. The van der Waals surface area contributed by atoms with Gasteiger partial charge in [0.2, 0.25) is 11.8 Å². The fourth-order valence-electron chi connectivity index (χ4n) is 1.66. The molecule has 20 heavy (non-hydrogen) atoms. The number of nitrogens with zero attached hydrogens (tertiary/aromatic N) is 6. The SMILES string of the molecule is CCc1nc(CC)n(-c2nc(NN)ncc2[N+](=O)[O-])n1. The molecule has 0 aliphatic rings. The summed E-state index contributed by atoms with van der Waals surface area (Å²) in [7, 11) is 0. The van der Waals surface area contributed by atoms with E-state index in [2.05, 4.69) is 25.5 Å². The summed E-state index contributed by atoms with van der Waals surface area (Å²) in [6.07, 6.45) is 2.28. The summed E-state index contributed by atoms with van der Waals surface area (Å²) in [5, 5.41) is 15.3. The third-order valence-electron chi connectivity index (χ3n) is 2.63. The summed E-state index contributed by atoms with van der Waals surface area (Å²) in [4.78, 5) is 22.6. The molecule has 0 aliphatic heterocycles. The minimum Gasteiger partial charge on any atom is -0.292 e. The van der Waals surface area contributed by atoms with Crippen molar-refractivity contribution in [1.29, 1.82) is 0 Å². The van der Waals surface area contributed by atoms with Crippen LogP contribution in [0.3, 0.4) is 0 Å². The van der Waals surface area contributed by atoms with E-state index in [1.807, 2.05) is 13.8 Å². The summed E-state index contributed by atoms with van der Waals surface area (Å²) < 4.78 is 1.36. The largest absolute Gasteiger partial charge is 0.332 e. The number of aryl methyl sites for hydroxylation is 2. The first-order chi connectivity index (χ1) is 9.60. The highest BCUT2D eigenvalue weighted by Gasteiger charge is 2.22. The molecule has 2 aromatic rings. The molecule has 2 rings (SSSR count). The monoisotopic (exact) mass is 278 g/mol. The van der Waals surface area contributed by atoms with Gasteiger partial charge >= 0.3 is 5.69 Å². The minimum atomic E-state index is -0.567. The Bertz CT molecular complexity index is 638. The number of hydrogen-bond acceptors (Lipinski definition) is 8. The first-order valence-electron chi connectivity index (χ1n) is 6.03. The first-order valence-corrected chi connectivity index (χ1v) is 6.03. The molecule has 0 saturated carbocycles. The lowest BCUT2D eigenvalue weighted by molar-refractivity contribution is -0.385. The van der Waals surface area contributed by atoms with E-state index in [0.717, 1.165) is 6.20 Å². The van der Waals surface area contributed by atoms with E-state index in [1.165, 1.54) is 4.68 Å². The van der Waals surface area contributed by atoms with Gasteiger partial charge in [-0.1, -0.05) is 13.8 Å². The van der Waals surface area contributed by atoms with Crippen LogP contribution in [-0.4, -0.2) is 29.7 Å². The van der Waals surface area contributed by atoms with Crippen molar-refractivity contribution in [3.63, 3.8) is 0 Å². The molecule has 106 valence electrons. The lowest BCUT2D eigenvalue weighted by atomic mass is 10.4. The van der Waals surface area contributed by atoms with Crippen LogP contribution >= 0.6 is 0 Å². The van der Waals surface area contributed by atoms with E-state index in [1.54, 1.807) is 0 Å². The van der Waals surface area contributed by atoms with Crippen molar-refractivity contribution in [2.24, 2.45) is 5.84 Å². The van der Waals surface area contributed by atoms with Crippen molar-refractivity contribution < 1.29 is 4.92 Å². The molecule has 2 heterocycles. The molecule has 0 spiro atoms. The Morgan fingerprint density at radius 3 is 2.70 bits per heavy atom. The zero-order valence-corrected chi connectivity index (χ0v) is 11.1. The van der Waals surface area contributed by atoms with Crippen molar-refractivity contribution in [2.45, 2.75) is 26.7 Å². The van der Waals surface area contributed by atoms with Crippen molar-refractivity contribution in [3.8, 4) is 5.82 Å². The van der Waals surface area contributed by atoms with Gasteiger partial charge in [-0.05, 0) is 0 Å². The average Bonchev–Trinajstić information content (AvgIpc) is 2.89. The zero-order chi connectivity index (χ0) is 14.7. The fraction of sp³-hybridized carbons (Fsp3) is 0.400. The molecule has 0 amide bonds. The van der Waals surface area contributed by atoms with Gasteiger partial charge in [0.1, 0.15) is 12.0 Å². The van der Waals surface area contributed by atoms with E-state index in [-0.39, 0.29) is 17.5 Å². The van der Waals surface area contributed by atoms with Crippen molar-refractivity contribution >= 4 is 11.6 Å². The van der Waals surface area contributed by atoms with Crippen LogP contribution in [0.25, 0.3) is 5.82 Å². The summed E-state index contributed by atoms with van der Waals surface area (Å²) in [6.45, 7) is 3.79. The van der Waals surface area contributed by atoms with Gasteiger partial charge in [0.25, 0.3) is 0 Å². The van der Waals surface area contributed by atoms with Crippen LogP contribution in [0.15, 0.2) is 6.20 Å². The Balaban J connectivity index is 2.66. The Kier molecular flexibility index (Phi) is 3.84. The number of nitrogens with one attached hydrogen (secondary N) is 1. The molecule has 10 heteroatoms. The molecule has 10 nitrogen and oxygen atoms in total. The van der Waals surface area contributed by atoms with E-state index in [4.69, 9.17) is 5.84 Å². The van der Waals surface area contributed by atoms with Crippen LogP contribution in [0.2, 0.25) is 0 Å². The molecule has 0 atom stereocenters. The highest BCUT2D eigenvalue weighted by molar-refractivity contribution is 5.48. The lowest BCUT2D eigenvalue weighted by Crippen LogP contribution is -2.14. The average molecular weight is 278 g/mol. The highest BCUT2D eigenvalue weighted by Crippen LogP contribution is 2.21. The second-order valence-corrected chi connectivity index (χ2v) is 3.87. The number of nitrogens with two attached hydrogens (primary N) is 1. The Hall–Kier alpha value is -2.62. The topological polar surface area (TPSA) is 138 Å². The van der Waals surface area contributed by atoms with Gasteiger partial charge < -0.3 is 0 Å². The second-order valence-electron chi connectivity index (χ2n) is 3.87. The zero-order valence-electron chi connectivity index (χ0n) is 11.1. The van der Waals surface area contributed by atoms with Crippen LogP contribution in [0.5, 0.6) is 0 Å². The Morgan fingerprint density at radius 2 is 2.15 bits per heavy atom.